The predicted octanol–water partition coefficient (Wildman–Crippen LogP) is 0.901. The Morgan fingerprint density at radius 3 is 2.12 bits per heavy atom. The van der Waals surface area contributed by atoms with Crippen LogP contribution in [0.5, 0.6) is 0 Å². The van der Waals surface area contributed by atoms with Crippen LogP contribution >= 0.6 is 0 Å². The van der Waals surface area contributed by atoms with Gasteiger partial charge in [-0.25, -0.2) is 4.89 Å². The van der Waals surface area contributed by atoms with Crippen LogP contribution in [0.15, 0.2) is 0 Å². The van der Waals surface area contributed by atoms with E-state index in [9.17, 15) is 0 Å². The molecule has 3 heteroatoms. The van der Waals surface area contributed by atoms with Crippen LogP contribution in [0.1, 0.15) is 13.8 Å². The number of hydrogen-bond acceptors (Lipinski definition) is 3. The number of ether oxygens (including phenoxy) is 1. The highest BCUT2D eigenvalue weighted by atomic mass is 17.1. The molecule has 0 fully saturated rings. The minimum atomic E-state index is -0.575. The molecule has 0 bridgehead atoms. The first-order valence-electron chi connectivity index (χ1n) is 2.44. The minimum Gasteiger partial charge on any atom is -0.382 e. The summed E-state index contributed by atoms with van der Waals surface area (Å²) in [5, 5.41) is 8.15. The van der Waals surface area contributed by atoms with Crippen LogP contribution in [-0.4, -0.2) is 24.6 Å². The van der Waals surface area contributed by atoms with Gasteiger partial charge in [-0.15, -0.1) is 0 Å². The van der Waals surface area contributed by atoms with E-state index in [-0.39, 0.29) is 0 Å². The van der Waals surface area contributed by atoms with Gasteiger partial charge in [-0.1, -0.05) is 0 Å². The molecule has 0 radical (unpaired) electrons. The molecule has 0 aliphatic heterocycles. The van der Waals surface area contributed by atoms with Gasteiger partial charge >= 0.3 is 0 Å². The predicted molar refractivity (Wildman–Crippen MR) is 29.7 cm³/mol. The quantitative estimate of drug-likeness (QED) is 0.444. The molecular weight excluding hydrogens is 108 g/mol. The summed E-state index contributed by atoms with van der Waals surface area (Å²) in [5.74, 6) is 0. The van der Waals surface area contributed by atoms with E-state index in [1.165, 1.54) is 0 Å². The van der Waals surface area contributed by atoms with E-state index in [0.29, 0.717) is 6.61 Å². The van der Waals surface area contributed by atoms with Crippen LogP contribution in [0.4, 0.5) is 0 Å². The normalized spacial score (nSPS) is 12.0. The first-order chi connectivity index (χ1) is 3.62. The Bertz CT molecular complexity index is 60.7. The van der Waals surface area contributed by atoms with Crippen LogP contribution in [0.3, 0.4) is 0 Å². The molecule has 0 spiro atoms. The zero-order valence-electron chi connectivity index (χ0n) is 5.47. The molecule has 0 aromatic carbocycles. The number of hydrogen-bond donors (Lipinski definition) is 1. The molecule has 0 atom stereocenters. The second-order valence-electron chi connectivity index (χ2n) is 2.28. The summed E-state index contributed by atoms with van der Waals surface area (Å²) in [6, 6.07) is 0. The van der Waals surface area contributed by atoms with Crippen molar-refractivity contribution in [3.05, 3.63) is 0 Å². The summed E-state index contributed by atoms with van der Waals surface area (Å²) in [4.78, 5) is 4.05. The van der Waals surface area contributed by atoms with Gasteiger partial charge in [0.15, 0.2) is 0 Å². The maximum atomic E-state index is 8.15. The van der Waals surface area contributed by atoms with Crippen molar-refractivity contribution >= 4 is 0 Å². The maximum Gasteiger partial charge on any atom is 0.121 e. The Balaban J connectivity index is 3.37. The first kappa shape index (κ1) is 7.88. The lowest BCUT2D eigenvalue weighted by Gasteiger charge is -2.17. The Kier molecular flexibility index (Phi) is 2.97. The third kappa shape index (κ3) is 2.96. The first-order valence-corrected chi connectivity index (χ1v) is 2.44. The number of rotatable bonds is 3. The van der Waals surface area contributed by atoms with Crippen molar-refractivity contribution < 1.29 is 14.9 Å². The van der Waals surface area contributed by atoms with E-state index in [1.807, 2.05) is 0 Å². The molecule has 0 aromatic rings. The van der Waals surface area contributed by atoms with E-state index >= 15 is 0 Å². The molecule has 8 heavy (non-hydrogen) atoms. The molecule has 0 heterocycles. The lowest BCUT2D eigenvalue weighted by atomic mass is 10.2. The molecule has 0 saturated carbocycles. The SMILES string of the molecule is COCC(C)(C)OO. The van der Waals surface area contributed by atoms with Crippen LogP contribution in [0.25, 0.3) is 0 Å². The fourth-order valence-electron chi connectivity index (χ4n) is 0.374. The molecule has 0 unspecified atom stereocenters. The molecule has 0 saturated heterocycles. The monoisotopic (exact) mass is 120 g/mol. The Morgan fingerprint density at radius 2 is 2.00 bits per heavy atom. The largest absolute Gasteiger partial charge is 0.382 e. The van der Waals surface area contributed by atoms with E-state index in [4.69, 9.17) is 9.99 Å². The fourth-order valence-corrected chi connectivity index (χ4v) is 0.374. The van der Waals surface area contributed by atoms with Crippen molar-refractivity contribution in [2.45, 2.75) is 19.4 Å². The van der Waals surface area contributed by atoms with Crippen molar-refractivity contribution in [1.82, 2.24) is 0 Å². The van der Waals surface area contributed by atoms with Gasteiger partial charge in [-0.3, -0.25) is 5.26 Å². The van der Waals surface area contributed by atoms with Crippen molar-refractivity contribution in [3.8, 4) is 0 Å². The third-order valence-corrected chi connectivity index (χ3v) is 0.739. The van der Waals surface area contributed by atoms with Crippen molar-refractivity contribution in [2.24, 2.45) is 0 Å². The Hall–Kier alpha value is -0.120. The summed E-state index contributed by atoms with van der Waals surface area (Å²) in [6.07, 6.45) is 0. The fraction of sp³-hybridized carbons (Fsp3) is 1.00. The maximum absolute atomic E-state index is 8.15. The molecule has 0 aliphatic carbocycles. The standard InChI is InChI=1S/C5H12O3/c1-5(2,8-6)4-7-3/h6H,4H2,1-3H3. The highest BCUT2D eigenvalue weighted by molar-refractivity contribution is 4.63. The lowest BCUT2D eigenvalue weighted by molar-refractivity contribution is -0.320. The summed E-state index contributed by atoms with van der Waals surface area (Å²) < 4.78 is 4.71. The molecular formula is C5H12O3. The Morgan fingerprint density at radius 1 is 1.50 bits per heavy atom. The molecule has 1 N–H and O–H groups in total. The van der Waals surface area contributed by atoms with Crippen LogP contribution in [0, 0.1) is 0 Å². The summed E-state index contributed by atoms with van der Waals surface area (Å²) in [7, 11) is 1.56. The second kappa shape index (κ2) is 3.02. The summed E-state index contributed by atoms with van der Waals surface area (Å²) in [5.41, 5.74) is -0.575. The van der Waals surface area contributed by atoms with Gasteiger partial charge in [0.2, 0.25) is 0 Å². The van der Waals surface area contributed by atoms with Gasteiger partial charge in [0.25, 0.3) is 0 Å². The average molecular weight is 120 g/mol. The zero-order valence-corrected chi connectivity index (χ0v) is 5.47. The van der Waals surface area contributed by atoms with Gasteiger partial charge in [0.05, 0.1) is 6.61 Å². The molecule has 0 aromatic heterocycles. The van der Waals surface area contributed by atoms with Gasteiger partial charge in [0.1, 0.15) is 5.60 Å². The van der Waals surface area contributed by atoms with Gasteiger partial charge in [0, 0.05) is 7.11 Å². The van der Waals surface area contributed by atoms with E-state index in [0.717, 1.165) is 0 Å². The smallest absolute Gasteiger partial charge is 0.121 e. The highest BCUT2D eigenvalue weighted by Gasteiger charge is 2.17. The molecule has 0 rings (SSSR count). The van der Waals surface area contributed by atoms with E-state index in [2.05, 4.69) is 4.89 Å². The molecule has 0 amide bonds. The average Bonchev–Trinajstić information content (AvgIpc) is 1.67. The lowest BCUT2D eigenvalue weighted by Crippen LogP contribution is -2.28. The molecule has 50 valence electrons. The number of methoxy groups -OCH3 is 1. The topological polar surface area (TPSA) is 38.7 Å². The van der Waals surface area contributed by atoms with Crippen LogP contribution < -0.4 is 0 Å². The van der Waals surface area contributed by atoms with E-state index in [1.54, 1.807) is 21.0 Å². The van der Waals surface area contributed by atoms with Gasteiger partial charge in [-0.05, 0) is 13.8 Å². The van der Waals surface area contributed by atoms with E-state index < -0.39 is 5.60 Å². The van der Waals surface area contributed by atoms with Crippen molar-refractivity contribution in [2.75, 3.05) is 13.7 Å². The molecule has 3 nitrogen and oxygen atoms in total. The van der Waals surface area contributed by atoms with Crippen molar-refractivity contribution in [3.63, 3.8) is 0 Å². The Labute approximate surface area is 49.1 Å². The van der Waals surface area contributed by atoms with Gasteiger partial charge in [-0.2, -0.15) is 0 Å². The zero-order chi connectivity index (χ0) is 6.62. The summed E-state index contributed by atoms with van der Waals surface area (Å²) >= 11 is 0. The summed E-state index contributed by atoms with van der Waals surface area (Å²) in [6.45, 7) is 3.86. The van der Waals surface area contributed by atoms with Crippen LogP contribution in [0.2, 0.25) is 0 Å². The third-order valence-electron chi connectivity index (χ3n) is 0.739. The second-order valence-corrected chi connectivity index (χ2v) is 2.28. The van der Waals surface area contributed by atoms with Gasteiger partial charge < -0.3 is 4.74 Å². The minimum absolute atomic E-state index is 0.392. The van der Waals surface area contributed by atoms with Crippen LogP contribution in [-0.2, 0) is 9.62 Å². The van der Waals surface area contributed by atoms with Crippen molar-refractivity contribution in [1.29, 1.82) is 0 Å². The molecule has 0 aliphatic rings. The highest BCUT2D eigenvalue weighted by Crippen LogP contribution is 2.05.